The molecule has 1 aromatic carbocycles. The smallest absolute Gasteiger partial charge is 0.410 e. The van der Waals surface area contributed by atoms with Gasteiger partial charge in [0.25, 0.3) is 5.91 Å². The first kappa shape index (κ1) is 48.9. The summed E-state index contributed by atoms with van der Waals surface area (Å²) < 4.78 is 53.3. The number of amides is 5. The number of nitrogens with one attached hydrogen (secondary N) is 3. The molecule has 7 atom stereocenters. The number of hydrogen-bond donors (Lipinski definition) is 3. The summed E-state index contributed by atoms with van der Waals surface area (Å²) in [7, 11) is -4.03. The van der Waals surface area contributed by atoms with Crippen LogP contribution in [0.3, 0.4) is 0 Å². The average Bonchev–Trinajstić information content (AvgIpc) is 4.28. The highest BCUT2D eigenvalue weighted by Gasteiger charge is 2.63. The Kier molecular flexibility index (Phi) is 13.6. The molecule has 376 valence electrons. The molecule has 69 heavy (non-hydrogen) atoms. The number of likely N-dealkylation sites (tertiary alicyclic amines) is 1. The Bertz CT molecular complexity index is 2440. The zero-order chi connectivity index (χ0) is 48.9. The molecule has 7 aliphatic rings. The Morgan fingerprint density at radius 2 is 1.64 bits per heavy atom. The van der Waals surface area contributed by atoms with E-state index in [4.69, 9.17) is 23.9 Å². The first-order valence-electron chi connectivity index (χ1n) is 25.4. The summed E-state index contributed by atoms with van der Waals surface area (Å²) in [5, 5.41) is 6.68. The van der Waals surface area contributed by atoms with Gasteiger partial charge in [0.05, 0.1) is 22.4 Å². The Balaban J connectivity index is 1.04. The van der Waals surface area contributed by atoms with Gasteiger partial charge in [-0.15, -0.1) is 6.58 Å². The molecule has 3 N–H and O–H groups in total. The van der Waals surface area contributed by atoms with Crippen molar-refractivity contribution in [3.8, 4) is 11.6 Å². The topological polar surface area (TPSA) is 212 Å². The zero-order valence-electron chi connectivity index (χ0n) is 40.6. The van der Waals surface area contributed by atoms with E-state index < -0.39 is 73.8 Å². The van der Waals surface area contributed by atoms with E-state index in [1.165, 1.54) is 11.0 Å². The van der Waals surface area contributed by atoms with Crippen LogP contribution in [0.15, 0.2) is 36.9 Å². The molecule has 3 aliphatic heterocycles. The van der Waals surface area contributed by atoms with E-state index in [9.17, 15) is 27.6 Å². The van der Waals surface area contributed by atoms with Crippen LogP contribution in [-0.4, -0.2) is 119 Å². The molecule has 0 unspecified atom stereocenters. The van der Waals surface area contributed by atoms with Crippen LogP contribution in [0, 0.1) is 17.8 Å². The van der Waals surface area contributed by atoms with Crippen LogP contribution in [0.1, 0.15) is 136 Å². The fraction of sp³-hybridized carbons (Fsp3) is 0.686. The van der Waals surface area contributed by atoms with Crippen molar-refractivity contribution < 1.29 is 51.3 Å². The van der Waals surface area contributed by atoms with Gasteiger partial charge in [-0.3, -0.25) is 19.1 Å². The fourth-order valence-corrected chi connectivity index (χ4v) is 12.1. The molecule has 2 bridgehead atoms. The third kappa shape index (κ3) is 10.7. The second-order valence-electron chi connectivity index (χ2n) is 22.0. The van der Waals surface area contributed by atoms with Crippen molar-refractivity contribution in [1.82, 2.24) is 30.1 Å². The number of hydrogen-bond acceptors (Lipinski definition) is 12. The lowest BCUT2D eigenvalue weighted by molar-refractivity contribution is -0.142. The van der Waals surface area contributed by atoms with Crippen molar-refractivity contribution in [3.63, 3.8) is 0 Å². The quantitative estimate of drug-likeness (QED) is 0.227. The van der Waals surface area contributed by atoms with Gasteiger partial charge in [-0.05, 0) is 109 Å². The average molecular weight is 975 g/mol. The molecule has 4 heterocycles. The molecule has 0 spiro atoms. The van der Waals surface area contributed by atoms with Crippen LogP contribution in [0.5, 0.6) is 11.6 Å². The second-order valence-corrected chi connectivity index (χ2v) is 24.2. The maximum absolute atomic E-state index is 15.2. The van der Waals surface area contributed by atoms with Crippen LogP contribution >= 0.6 is 0 Å². The first-order valence-corrected chi connectivity index (χ1v) is 26.9. The lowest BCUT2D eigenvalue weighted by Gasteiger charge is -2.34. The van der Waals surface area contributed by atoms with Crippen LogP contribution in [0.25, 0.3) is 10.9 Å². The van der Waals surface area contributed by atoms with Gasteiger partial charge in [0.2, 0.25) is 27.7 Å². The molecule has 17 nitrogen and oxygen atoms in total. The van der Waals surface area contributed by atoms with Gasteiger partial charge in [-0.2, -0.15) is 0 Å². The van der Waals surface area contributed by atoms with Crippen LogP contribution in [0.2, 0.25) is 0 Å². The molecule has 4 aliphatic carbocycles. The number of piperidine rings is 1. The number of ether oxygens (including phenoxy) is 4. The van der Waals surface area contributed by atoms with Crippen LogP contribution in [-0.2, 0) is 40.3 Å². The van der Waals surface area contributed by atoms with Crippen LogP contribution in [0.4, 0.5) is 9.59 Å². The normalized spacial score (nSPS) is 29.9. The summed E-state index contributed by atoms with van der Waals surface area (Å²) in [5.74, 6) is -1.47. The number of rotatable bonds is 9. The SMILES string of the molecule is C=C[C@@H]1C[C@]1(NC(=O)[C@@H]1C[C@@H]2CN1C(=O)[C@H](C1CCCCC1)NC(=O)O[C@@H]1C[C@H]1CCCCCc1c(nc3ccccc3c1OC1CCN(C(=O)OC(C)(C)C)CC1)O2)C(=O)NS(=O)(=O)C1(C)CC1. The standard InChI is InChI=1S/C51H70N6O11S/c1-6-33-29-51(33,46(60)55-69(63,64)50(5)23-24-50)54-43(58)39-28-35-30-57(39)45(59)41(31-15-9-7-10-16-31)53-47(61)67-40-27-32(40)17-11-8-12-19-37-42(36-18-13-14-20-38(36)52-44(37)66-35)65-34-21-25-56(26-22-34)48(62)68-49(2,3)4/h6,13-14,18,20,31-35,39-41H,1,7-12,15-17,19,21-30H2,2-5H3,(H,53,61)(H,54,58)(H,55,60)/t32-,33-,35-,39+,40-,41+,51-/m1/s1. The molecule has 2 aromatic rings. The van der Waals surface area contributed by atoms with Crippen molar-refractivity contribution in [1.29, 1.82) is 0 Å². The number of fused-ring (bicyclic) bond motifs is 5. The lowest BCUT2D eigenvalue weighted by Crippen LogP contribution is -2.59. The summed E-state index contributed by atoms with van der Waals surface area (Å²) in [6.45, 7) is 11.9. The van der Waals surface area contributed by atoms with E-state index in [-0.39, 0.29) is 49.5 Å². The minimum absolute atomic E-state index is 0.0171. The number of para-hydroxylation sites is 1. The summed E-state index contributed by atoms with van der Waals surface area (Å²) in [6, 6.07) is 5.58. The van der Waals surface area contributed by atoms with Gasteiger partial charge in [-0.25, -0.2) is 23.0 Å². The third-order valence-corrected chi connectivity index (χ3v) is 17.7. The van der Waals surface area contributed by atoms with E-state index >= 15 is 4.79 Å². The highest BCUT2D eigenvalue weighted by atomic mass is 32.2. The summed E-state index contributed by atoms with van der Waals surface area (Å²) in [6.07, 6.45) is 10.5. The molecule has 2 saturated heterocycles. The van der Waals surface area contributed by atoms with E-state index in [0.717, 1.165) is 62.3 Å². The third-order valence-electron chi connectivity index (χ3n) is 15.6. The minimum Gasteiger partial charge on any atom is -0.489 e. The number of benzene rings is 1. The van der Waals surface area contributed by atoms with Gasteiger partial charge < -0.3 is 39.4 Å². The van der Waals surface area contributed by atoms with Gasteiger partial charge in [0.15, 0.2) is 0 Å². The summed E-state index contributed by atoms with van der Waals surface area (Å²) in [4.78, 5) is 78.9. The highest BCUT2D eigenvalue weighted by Crippen LogP contribution is 2.48. The molecule has 6 fully saturated rings. The number of nitrogens with zero attached hydrogens (tertiary/aromatic N) is 3. The zero-order valence-corrected chi connectivity index (χ0v) is 41.4. The molecule has 18 heteroatoms. The van der Waals surface area contributed by atoms with E-state index in [0.29, 0.717) is 75.2 Å². The predicted octanol–water partition coefficient (Wildman–Crippen LogP) is 6.60. The molecular weight excluding hydrogens is 905 g/mol. The van der Waals surface area contributed by atoms with E-state index in [1.807, 2.05) is 45.0 Å². The predicted molar refractivity (Wildman–Crippen MR) is 256 cm³/mol. The summed E-state index contributed by atoms with van der Waals surface area (Å²) in [5.41, 5.74) is -0.778. The van der Waals surface area contributed by atoms with Gasteiger partial charge >= 0.3 is 12.2 Å². The van der Waals surface area contributed by atoms with Gasteiger partial charge in [0, 0.05) is 43.7 Å². The van der Waals surface area contributed by atoms with Crippen molar-refractivity contribution >= 4 is 50.8 Å². The molecule has 4 saturated carbocycles. The Hall–Kier alpha value is -5.13. The Morgan fingerprint density at radius 1 is 0.942 bits per heavy atom. The van der Waals surface area contributed by atoms with Crippen molar-refractivity contribution in [3.05, 3.63) is 42.5 Å². The second kappa shape index (κ2) is 19.2. The number of aromatic nitrogens is 1. The lowest BCUT2D eigenvalue weighted by atomic mass is 9.83. The maximum atomic E-state index is 15.2. The van der Waals surface area contributed by atoms with Crippen molar-refractivity contribution in [2.75, 3.05) is 19.6 Å². The monoisotopic (exact) mass is 974 g/mol. The number of alkyl carbamates (subject to hydrolysis) is 1. The number of carbonyl (C=O) groups is 5. The number of sulfonamides is 1. The largest absolute Gasteiger partial charge is 0.489 e. The Morgan fingerprint density at radius 3 is 2.32 bits per heavy atom. The highest BCUT2D eigenvalue weighted by molar-refractivity contribution is 7.91. The molecular formula is C51H70N6O11S. The minimum atomic E-state index is -4.03. The summed E-state index contributed by atoms with van der Waals surface area (Å²) >= 11 is 0. The molecule has 5 amide bonds. The van der Waals surface area contributed by atoms with Crippen molar-refractivity contribution in [2.24, 2.45) is 17.8 Å². The fourth-order valence-electron chi connectivity index (χ4n) is 10.8. The first-order chi connectivity index (χ1) is 32.9. The Labute approximate surface area is 405 Å². The maximum Gasteiger partial charge on any atom is 0.410 e. The van der Waals surface area contributed by atoms with E-state index in [2.05, 4.69) is 21.9 Å². The molecule has 9 rings (SSSR count). The van der Waals surface area contributed by atoms with Crippen molar-refractivity contribution in [2.45, 2.75) is 183 Å². The molecule has 1 aromatic heterocycles. The number of carbonyl (C=O) groups excluding carboxylic acids is 5. The van der Waals surface area contributed by atoms with Gasteiger partial charge in [0.1, 0.15) is 47.3 Å². The number of pyridine rings is 1. The molecule has 0 radical (unpaired) electrons. The van der Waals surface area contributed by atoms with Crippen LogP contribution < -0.4 is 24.8 Å². The van der Waals surface area contributed by atoms with E-state index in [1.54, 1.807) is 11.8 Å². The van der Waals surface area contributed by atoms with Gasteiger partial charge in [-0.1, -0.05) is 50.3 Å².